The fraction of sp³-hybridized carbons (Fsp3) is 0.321. The Hall–Kier alpha value is -2.45. The number of hydrogen-bond acceptors (Lipinski definition) is 3. The first kappa shape index (κ1) is 22.7. The number of hydrogen-bond donors (Lipinski definition) is 0. The number of para-hydroxylation sites is 1. The Balaban J connectivity index is 1.92. The first-order valence-electron chi connectivity index (χ1n) is 11.1. The quantitative estimate of drug-likeness (QED) is 0.436. The topological polar surface area (TPSA) is 15.7 Å². The van der Waals surface area contributed by atoms with Crippen LogP contribution in [0.15, 0.2) is 48.5 Å². The van der Waals surface area contributed by atoms with E-state index in [2.05, 4.69) is 99.9 Å². The van der Waals surface area contributed by atoms with Gasteiger partial charge in [-0.15, -0.1) is 0 Å². The molecule has 0 amide bonds. The van der Waals surface area contributed by atoms with Crippen molar-refractivity contribution >= 4 is 19.9 Å². The number of nitrogens with zero attached hydrogens (tertiary/aromatic N) is 2. The Morgan fingerprint density at radius 1 is 0.688 bits per heavy atom. The van der Waals surface area contributed by atoms with Gasteiger partial charge in [0, 0.05) is 0 Å². The molecular formula is C28H33N2ORu. The van der Waals surface area contributed by atoms with E-state index in [9.17, 15) is 0 Å². The third-order valence-corrected chi connectivity index (χ3v) is 8.52. The Morgan fingerprint density at radius 3 is 1.56 bits per heavy atom. The third-order valence-electron chi connectivity index (χ3n) is 6.01. The van der Waals surface area contributed by atoms with Gasteiger partial charge in [-0.3, -0.25) is 0 Å². The van der Waals surface area contributed by atoms with Crippen molar-refractivity contribution < 1.29 is 21.4 Å². The van der Waals surface area contributed by atoms with Gasteiger partial charge < -0.3 is 0 Å². The molecule has 32 heavy (non-hydrogen) atoms. The molecule has 0 unspecified atom stereocenters. The van der Waals surface area contributed by atoms with Crippen LogP contribution >= 0.6 is 0 Å². The zero-order valence-corrected chi connectivity index (χ0v) is 21.9. The van der Waals surface area contributed by atoms with Crippen molar-refractivity contribution in [1.82, 2.24) is 0 Å². The van der Waals surface area contributed by atoms with Gasteiger partial charge in [0.2, 0.25) is 0 Å². The maximum atomic E-state index is 5.74. The van der Waals surface area contributed by atoms with E-state index in [1.807, 2.05) is 0 Å². The van der Waals surface area contributed by atoms with Gasteiger partial charge in [0.05, 0.1) is 0 Å². The van der Waals surface area contributed by atoms with E-state index in [1.165, 1.54) is 53.3 Å². The van der Waals surface area contributed by atoms with E-state index in [0.717, 1.165) is 18.8 Å². The second-order valence-electron chi connectivity index (χ2n) is 8.77. The predicted octanol–water partition coefficient (Wildman–Crippen LogP) is 5.37. The van der Waals surface area contributed by atoms with Gasteiger partial charge in [-0.2, -0.15) is 0 Å². The molecule has 0 aromatic heterocycles. The minimum atomic E-state index is -0.227. The minimum absolute atomic E-state index is 0.227. The molecule has 4 rings (SSSR count). The summed E-state index contributed by atoms with van der Waals surface area (Å²) in [7, 11) is 1.77. The van der Waals surface area contributed by atoms with E-state index >= 15 is 0 Å². The van der Waals surface area contributed by atoms with E-state index in [0.29, 0.717) is 0 Å². The van der Waals surface area contributed by atoms with Crippen LogP contribution < -0.4 is 18.7 Å². The molecule has 0 N–H and O–H groups in total. The number of rotatable bonds is 4. The molecule has 3 aromatic carbocycles. The van der Waals surface area contributed by atoms with E-state index in [1.54, 1.807) is 7.11 Å². The van der Waals surface area contributed by atoms with Gasteiger partial charge in [-0.25, -0.2) is 0 Å². The van der Waals surface area contributed by atoms with Crippen LogP contribution in [-0.2, 0) is 16.7 Å². The molecule has 0 radical (unpaired) electrons. The molecule has 0 aliphatic carbocycles. The summed E-state index contributed by atoms with van der Waals surface area (Å²) in [6, 6.07) is 17.7. The molecule has 1 heterocycles. The van der Waals surface area contributed by atoms with E-state index in [4.69, 9.17) is 4.74 Å². The van der Waals surface area contributed by atoms with Crippen LogP contribution in [0.25, 0.3) is 0 Å². The van der Waals surface area contributed by atoms with Crippen LogP contribution in [0.5, 0.6) is 5.75 Å². The van der Waals surface area contributed by atoms with Crippen LogP contribution in [0.2, 0.25) is 0 Å². The predicted molar refractivity (Wildman–Crippen MR) is 134 cm³/mol. The average molecular weight is 515 g/mol. The monoisotopic (exact) mass is 515 g/mol. The molecule has 1 aliphatic heterocycles. The number of benzene rings is 3. The van der Waals surface area contributed by atoms with Crippen LogP contribution in [0.3, 0.4) is 0 Å². The molecule has 169 valence electrons. The van der Waals surface area contributed by atoms with Crippen LogP contribution in [0, 0.1) is 41.5 Å². The second-order valence-corrected chi connectivity index (χ2v) is 10.9. The normalized spacial score (nSPS) is 13.8. The van der Waals surface area contributed by atoms with Gasteiger partial charge in [0.1, 0.15) is 0 Å². The average Bonchev–Trinajstić information content (AvgIpc) is 3.10. The molecule has 3 aromatic rings. The summed E-state index contributed by atoms with van der Waals surface area (Å²) in [5, 5.41) is 0. The van der Waals surface area contributed by atoms with Gasteiger partial charge in [0.15, 0.2) is 0 Å². The zero-order chi connectivity index (χ0) is 23.0. The molecular weight excluding hydrogens is 481 g/mol. The number of anilines is 2. The Labute approximate surface area is 200 Å². The van der Waals surface area contributed by atoms with Crippen molar-refractivity contribution in [2.45, 2.75) is 41.5 Å². The molecule has 1 aliphatic rings. The number of methoxy groups -OCH3 is 1. The number of ether oxygens (including phenoxy) is 1. The summed E-state index contributed by atoms with van der Waals surface area (Å²) in [6.07, 6.45) is 0. The molecule has 0 atom stereocenters. The number of aryl methyl sites for hydroxylation is 6. The van der Waals surface area contributed by atoms with Gasteiger partial charge in [0.25, 0.3) is 0 Å². The first-order valence-corrected chi connectivity index (χ1v) is 12.9. The van der Waals surface area contributed by atoms with Crippen molar-refractivity contribution in [2.24, 2.45) is 0 Å². The Kier molecular flexibility index (Phi) is 6.53. The summed E-state index contributed by atoms with van der Waals surface area (Å²) in [6.45, 7) is 15.4. The fourth-order valence-corrected chi connectivity index (χ4v) is 7.49. The standard InChI is InChI=1S/C21H26N2.C7H7O.Ru/c1-14-9-16(3)20(17(4)10-14)22-7-8-23(13-22)21-18(5)11-15(2)12-19(21)6;1-8-7-5-3-2-4-6-7;/h9-12H,7-8H2,1-6H3;2-5H,1H3;. The van der Waals surface area contributed by atoms with Crippen molar-refractivity contribution in [3.63, 3.8) is 0 Å². The summed E-state index contributed by atoms with van der Waals surface area (Å²) in [4.78, 5) is 5.15. The van der Waals surface area contributed by atoms with Crippen molar-refractivity contribution in [2.75, 3.05) is 30.0 Å². The molecule has 0 bridgehead atoms. The maximum absolute atomic E-state index is 5.74. The van der Waals surface area contributed by atoms with E-state index < -0.39 is 0 Å². The van der Waals surface area contributed by atoms with Crippen LogP contribution in [-0.4, -0.2) is 24.6 Å². The first-order chi connectivity index (χ1) is 15.3. The Bertz CT molecular complexity index is 1080. The van der Waals surface area contributed by atoms with Gasteiger partial charge in [-0.05, 0) is 0 Å². The SMILES string of the molecule is COc1cccc[c]1[Ru]=[C]1N(c2c(C)cc(C)cc2C)CCN1c1c(C)cc(C)cc1C. The summed E-state index contributed by atoms with van der Waals surface area (Å²) >= 11 is -0.227. The van der Waals surface area contributed by atoms with Gasteiger partial charge >= 0.3 is 201 Å². The molecule has 3 nitrogen and oxygen atoms in total. The summed E-state index contributed by atoms with van der Waals surface area (Å²) < 4.78 is 8.45. The zero-order valence-electron chi connectivity index (χ0n) is 20.2. The van der Waals surface area contributed by atoms with Crippen molar-refractivity contribution in [3.8, 4) is 5.75 Å². The molecule has 1 saturated heterocycles. The fourth-order valence-electron chi connectivity index (χ4n) is 4.98. The van der Waals surface area contributed by atoms with Gasteiger partial charge in [-0.1, -0.05) is 0 Å². The van der Waals surface area contributed by atoms with Crippen LogP contribution in [0.4, 0.5) is 11.4 Å². The van der Waals surface area contributed by atoms with Crippen molar-refractivity contribution in [3.05, 3.63) is 81.9 Å². The molecule has 0 spiro atoms. The van der Waals surface area contributed by atoms with Crippen LogP contribution in [0.1, 0.15) is 33.4 Å². The Morgan fingerprint density at radius 2 is 1.12 bits per heavy atom. The summed E-state index contributed by atoms with van der Waals surface area (Å²) in [5.74, 6) is 0.986. The second kappa shape index (κ2) is 9.20. The molecule has 4 heteroatoms. The third kappa shape index (κ3) is 4.26. The van der Waals surface area contributed by atoms with Crippen molar-refractivity contribution in [1.29, 1.82) is 0 Å². The molecule has 0 saturated carbocycles. The molecule has 1 fully saturated rings. The van der Waals surface area contributed by atoms with E-state index in [-0.39, 0.29) is 16.7 Å². The summed E-state index contributed by atoms with van der Waals surface area (Å²) in [5.41, 5.74) is 10.8.